The van der Waals surface area contributed by atoms with Gasteiger partial charge in [-0.2, -0.15) is 13.2 Å². The first-order valence-electron chi connectivity index (χ1n) is 8.83. The van der Waals surface area contributed by atoms with E-state index in [0.29, 0.717) is 25.7 Å². The van der Waals surface area contributed by atoms with E-state index in [0.717, 1.165) is 25.6 Å². The normalized spacial score (nSPS) is 17.3. The molecule has 1 aromatic rings. The number of nitrogens with zero attached hydrogens (tertiary/aromatic N) is 2. The fourth-order valence-corrected chi connectivity index (χ4v) is 3.11. The van der Waals surface area contributed by atoms with Gasteiger partial charge in [0.05, 0.1) is 24.5 Å². The Bertz CT molecular complexity index is 614. The summed E-state index contributed by atoms with van der Waals surface area (Å²) in [6, 6.07) is 2.20. The number of pyridine rings is 1. The van der Waals surface area contributed by atoms with E-state index in [9.17, 15) is 18.0 Å². The molecule has 1 amide bonds. The summed E-state index contributed by atoms with van der Waals surface area (Å²) < 4.78 is 43.5. The maximum absolute atomic E-state index is 12.7. The standard InChI is InChI=1S/C18H26F3N3O2/c1-12(2)10-14(24-6-8-26-9-7-24)11-22-17(25)15-4-5-16(18(19,20)21)23-13(15)3/h4-5,12,14H,6-11H2,1-3H3,(H,22,25). The molecule has 0 aliphatic carbocycles. The van der Waals surface area contributed by atoms with Gasteiger partial charge in [-0.15, -0.1) is 0 Å². The Morgan fingerprint density at radius 2 is 1.96 bits per heavy atom. The molecule has 1 unspecified atom stereocenters. The van der Waals surface area contributed by atoms with Crippen molar-refractivity contribution < 1.29 is 22.7 Å². The second kappa shape index (κ2) is 8.81. The molecule has 1 saturated heterocycles. The Morgan fingerprint density at radius 1 is 1.31 bits per heavy atom. The van der Waals surface area contributed by atoms with E-state index in [1.54, 1.807) is 0 Å². The number of halogens is 3. The number of alkyl halides is 3. The topological polar surface area (TPSA) is 54.5 Å². The lowest BCUT2D eigenvalue weighted by atomic mass is 10.0. The number of hydrogen-bond acceptors (Lipinski definition) is 4. The molecule has 8 heteroatoms. The molecule has 1 aliphatic heterocycles. The molecule has 1 aromatic heterocycles. The van der Waals surface area contributed by atoms with Crippen molar-refractivity contribution in [2.75, 3.05) is 32.8 Å². The van der Waals surface area contributed by atoms with Gasteiger partial charge in [-0.3, -0.25) is 9.69 Å². The maximum Gasteiger partial charge on any atom is 0.433 e. The minimum Gasteiger partial charge on any atom is -0.379 e. The lowest BCUT2D eigenvalue weighted by molar-refractivity contribution is -0.141. The van der Waals surface area contributed by atoms with Crippen LogP contribution in [0.5, 0.6) is 0 Å². The van der Waals surface area contributed by atoms with E-state index in [4.69, 9.17) is 4.74 Å². The average molecular weight is 373 g/mol. The van der Waals surface area contributed by atoms with Crippen LogP contribution in [0.4, 0.5) is 13.2 Å². The Kier molecular flexibility index (Phi) is 7.00. The predicted octanol–water partition coefficient (Wildman–Crippen LogP) is 2.89. The van der Waals surface area contributed by atoms with Crippen LogP contribution in [-0.4, -0.2) is 54.7 Å². The van der Waals surface area contributed by atoms with Gasteiger partial charge >= 0.3 is 6.18 Å². The van der Waals surface area contributed by atoms with Gasteiger partial charge in [0.15, 0.2) is 0 Å². The molecule has 0 aromatic carbocycles. The van der Waals surface area contributed by atoms with Crippen LogP contribution in [0.15, 0.2) is 12.1 Å². The molecule has 2 rings (SSSR count). The number of aromatic nitrogens is 1. The molecular weight excluding hydrogens is 347 g/mol. The van der Waals surface area contributed by atoms with E-state index in [2.05, 4.69) is 29.0 Å². The van der Waals surface area contributed by atoms with E-state index < -0.39 is 17.8 Å². The molecule has 0 saturated carbocycles. The van der Waals surface area contributed by atoms with E-state index in [1.807, 2.05) is 0 Å². The van der Waals surface area contributed by atoms with Crippen LogP contribution in [0.1, 0.15) is 42.0 Å². The quantitative estimate of drug-likeness (QED) is 0.833. The molecule has 0 radical (unpaired) electrons. The summed E-state index contributed by atoms with van der Waals surface area (Å²) in [6.07, 6.45) is -3.59. The van der Waals surface area contributed by atoms with E-state index in [-0.39, 0.29) is 17.3 Å². The summed E-state index contributed by atoms with van der Waals surface area (Å²) in [5, 5.41) is 2.86. The van der Waals surface area contributed by atoms with Crippen LogP contribution in [0, 0.1) is 12.8 Å². The highest BCUT2D eigenvalue weighted by Crippen LogP contribution is 2.28. The van der Waals surface area contributed by atoms with Crippen molar-refractivity contribution in [3.8, 4) is 0 Å². The largest absolute Gasteiger partial charge is 0.433 e. The first kappa shape index (κ1) is 20.6. The molecule has 1 N–H and O–H groups in total. The van der Waals surface area contributed by atoms with Gasteiger partial charge in [-0.1, -0.05) is 13.8 Å². The molecule has 0 spiro atoms. The van der Waals surface area contributed by atoms with Crippen molar-refractivity contribution >= 4 is 5.91 Å². The Hall–Kier alpha value is -1.67. The zero-order valence-corrected chi connectivity index (χ0v) is 15.4. The number of carbonyl (C=O) groups is 1. The number of morpholine rings is 1. The predicted molar refractivity (Wildman–Crippen MR) is 91.9 cm³/mol. The second-order valence-electron chi connectivity index (χ2n) is 6.97. The number of amides is 1. The third-order valence-electron chi connectivity index (χ3n) is 4.42. The number of ether oxygens (including phenoxy) is 1. The van der Waals surface area contributed by atoms with Crippen molar-refractivity contribution in [3.63, 3.8) is 0 Å². The van der Waals surface area contributed by atoms with Crippen molar-refractivity contribution in [1.29, 1.82) is 0 Å². The highest BCUT2D eigenvalue weighted by molar-refractivity contribution is 5.95. The third kappa shape index (κ3) is 5.67. The third-order valence-corrected chi connectivity index (χ3v) is 4.42. The van der Waals surface area contributed by atoms with Crippen LogP contribution in [0.2, 0.25) is 0 Å². The molecule has 5 nitrogen and oxygen atoms in total. The number of rotatable bonds is 6. The minimum atomic E-state index is -4.52. The van der Waals surface area contributed by atoms with Crippen LogP contribution >= 0.6 is 0 Å². The highest BCUT2D eigenvalue weighted by atomic mass is 19.4. The second-order valence-corrected chi connectivity index (χ2v) is 6.97. The van der Waals surface area contributed by atoms with E-state index in [1.165, 1.54) is 13.0 Å². The molecular formula is C18H26F3N3O2. The molecule has 1 aliphatic rings. The van der Waals surface area contributed by atoms with Gasteiger partial charge in [0, 0.05) is 25.7 Å². The van der Waals surface area contributed by atoms with Gasteiger partial charge in [0.2, 0.25) is 0 Å². The Balaban J connectivity index is 2.03. The fourth-order valence-electron chi connectivity index (χ4n) is 3.11. The summed E-state index contributed by atoms with van der Waals surface area (Å²) in [5.74, 6) is 0.0694. The molecule has 0 bridgehead atoms. The van der Waals surface area contributed by atoms with Crippen molar-refractivity contribution in [1.82, 2.24) is 15.2 Å². The number of nitrogens with one attached hydrogen (secondary N) is 1. The fraction of sp³-hybridized carbons (Fsp3) is 0.667. The van der Waals surface area contributed by atoms with Crippen LogP contribution in [0.3, 0.4) is 0 Å². The molecule has 1 atom stereocenters. The smallest absolute Gasteiger partial charge is 0.379 e. The summed E-state index contributed by atoms with van der Waals surface area (Å²) in [4.78, 5) is 18.2. The Morgan fingerprint density at radius 3 is 2.50 bits per heavy atom. The molecule has 1 fully saturated rings. The van der Waals surface area contributed by atoms with Gasteiger partial charge < -0.3 is 10.1 Å². The summed E-state index contributed by atoms with van der Waals surface area (Å²) in [5.41, 5.74) is -0.745. The lowest BCUT2D eigenvalue weighted by Gasteiger charge is -2.35. The van der Waals surface area contributed by atoms with Crippen LogP contribution in [-0.2, 0) is 10.9 Å². The zero-order valence-electron chi connectivity index (χ0n) is 15.4. The Labute approximate surface area is 151 Å². The average Bonchev–Trinajstić information content (AvgIpc) is 2.58. The van der Waals surface area contributed by atoms with E-state index >= 15 is 0 Å². The van der Waals surface area contributed by atoms with Gasteiger partial charge in [0.25, 0.3) is 5.91 Å². The van der Waals surface area contributed by atoms with Gasteiger partial charge in [-0.25, -0.2) is 4.98 Å². The van der Waals surface area contributed by atoms with Crippen LogP contribution < -0.4 is 5.32 Å². The van der Waals surface area contributed by atoms with Crippen LogP contribution in [0.25, 0.3) is 0 Å². The first-order chi connectivity index (χ1) is 12.2. The van der Waals surface area contributed by atoms with Crippen molar-refractivity contribution in [2.45, 2.75) is 39.4 Å². The number of aryl methyl sites for hydroxylation is 1. The first-order valence-corrected chi connectivity index (χ1v) is 8.83. The SMILES string of the molecule is Cc1nc(C(F)(F)F)ccc1C(=O)NCC(CC(C)C)N1CCOCC1. The highest BCUT2D eigenvalue weighted by Gasteiger charge is 2.33. The van der Waals surface area contributed by atoms with Gasteiger partial charge in [0.1, 0.15) is 5.69 Å². The lowest BCUT2D eigenvalue weighted by Crippen LogP contribution is -2.49. The number of carbonyl (C=O) groups excluding carboxylic acids is 1. The molecule has 26 heavy (non-hydrogen) atoms. The summed E-state index contributed by atoms with van der Waals surface area (Å²) in [7, 11) is 0. The monoisotopic (exact) mass is 373 g/mol. The molecule has 146 valence electrons. The maximum atomic E-state index is 12.7. The van der Waals surface area contributed by atoms with Crippen molar-refractivity contribution in [2.24, 2.45) is 5.92 Å². The zero-order chi connectivity index (χ0) is 19.3. The minimum absolute atomic E-state index is 0.0732. The van der Waals surface area contributed by atoms with Gasteiger partial charge in [-0.05, 0) is 31.4 Å². The summed E-state index contributed by atoms with van der Waals surface area (Å²) in [6.45, 7) is 9.07. The van der Waals surface area contributed by atoms with Crippen molar-refractivity contribution in [3.05, 3.63) is 29.1 Å². The molecule has 2 heterocycles. The number of hydrogen-bond donors (Lipinski definition) is 1. The summed E-state index contributed by atoms with van der Waals surface area (Å²) >= 11 is 0.